The number of hydrogen-bond donors (Lipinski definition) is 1. The van der Waals surface area contributed by atoms with Gasteiger partial charge in [0.25, 0.3) is 0 Å². The average molecular weight is 292 g/mol. The predicted octanol–water partition coefficient (Wildman–Crippen LogP) is 2.89. The van der Waals surface area contributed by atoms with Crippen LogP contribution >= 0.6 is 12.2 Å². The van der Waals surface area contributed by atoms with E-state index in [0.717, 1.165) is 29.2 Å². The smallest absolute Gasteiger partial charge is 0.162 e. The number of nitrogens with zero attached hydrogens (tertiary/aromatic N) is 3. The fourth-order valence-corrected chi connectivity index (χ4v) is 3.25. The monoisotopic (exact) mass is 292 g/mol. The normalized spacial score (nSPS) is 19.1. The van der Waals surface area contributed by atoms with Crippen molar-refractivity contribution in [3.63, 3.8) is 0 Å². The molecule has 2 N–H and O–H groups in total. The molecule has 0 spiro atoms. The van der Waals surface area contributed by atoms with Gasteiger partial charge in [-0.1, -0.05) is 25.6 Å². The summed E-state index contributed by atoms with van der Waals surface area (Å²) in [6.07, 6.45) is 6.08. The lowest BCUT2D eigenvalue weighted by Crippen LogP contribution is -2.41. The lowest BCUT2D eigenvalue weighted by Gasteiger charge is -2.37. The summed E-state index contributed by atoms with van der Waals surface area (Å²) in [6.45, 7) is 7.24. The van der Waals surface area contributed by atoms with Gasteiger partial charge in [-0.2, -0.15) is 5.10 Å². The molecule has 0 bridgehead atoms. The number of rotatable bonds is 4. The predicted molar refractivity (Wildman–Crippen MR) is 87.3 cm³/mol. The van der Waals surface area contributed by atoms with Crippen molar-refractivity contribution in [2.45, 2.75) is 58.9 Å². The van der Waals surface area contributed by atoms with Crippen molar-refractivity contribution >= 4 is 23.0 Å². The van der Waals surface area contributed by atoms with Crippen LogP contribution in [0.1, 0.15) is 55.8 Å². The third-order valence-electron chi connectivity index (χ3n) is 4.20. The van der Waals surface area contributed by atoms with E-state index in [4.69, 9.17) is 18.0 Å². The number of aromatic nitrogens is 2. The fraction of sp³-hybridized carbons (Fsp3) is 0.667. The standard InChI is InChI=1S/C15H24N4S/c1-4-7-12-8-5-6-9-19(12)15-13(14(16)20)10(2)11(3)17-18-15/h12H,4-9H2,1-3H3,(H2,16,20). The minimum Gasteiger partial charge on any atom is -0.389 e. The molecule has 1 aromatic heterocycles. The second-order valence-electron chi connectivity index (χ2n) is 5.60. The van der Waals surface area contributed by atoms with Crippen LogP contribution in [-0.2, 0) is 0 Å². The van der Waals surface area contributed by atoms with Gasteiger partial charge in [-0.3, -0.25) is 0 Å². The van der Waals surface area contributed by atoms with Crippen molar-refractivity contribution in [3.8, 4) is 0 Å². The zero-order valence-corrected chi connectivity index (χ0v) is 13.5. The van der Waals surface area contributed by atoms with E-state index in [1.165, 1.54) is 32.1 Å². The molecule has 4 nitrogen and oxygen atoms in total. The van der Waals surface area contributed by atoms with Crippen LogP contribution in [0.25, 0.3) is 0 Å². The highest BCUT2D eigenvalue weighted by atomic mass is 32.1. The second-order valence-corrected chi connectivity index (χ2v) is 6.04. The zero-order valence-electron chi connectivity index (χ0n) is 12.6. The molecule has 1 atom stereocenters. The lowest BCUT2D eigenvalue weighted by molar-refractivity contribution is 0.430. The van der Waals surface area contributed by atoms with Crippen molar-refractivity contribution in [2.75, 3.05) is 11.4 Å². The first-order valence-electron chi connectivity index (χ1n) is 7.46. The first-order chi connectivity index (χ1) is 9.56. The molecule has 1 unspecified atom stereocenters. The van der Waals surface area contributed by atoms with E-state index >= 15 is 0 Å². The number of hydrogen-bond acceptors (Lipinski definition) is 4. The van der Waals surface area contributed by atoms with Gasteiger partial charge in [0.2, 0.25) is 0 Å². The van der Waals surface area contributed by atoms with Crippen LogP contribution in [0.4, 0.5) is 5.82 Å². The molecule has 0 radical (unpaired) electrons. The number of piperidine rings is 1. The van der Waals surface area contributed by atoms with Gasteiger partial charge in [0, 0.05) is 12.6 Å². The Labute approximate surface area is 126 Å². The molecule has 0 amide bonds. The Hall–Kier alpha value is -1.23. The maximum absolute atomic E-state index is 5.95. The molecule has 1 aliphatic heterocycles. The van der Waals surface area contributed by atoms with Crippen LogP contribution < -0.4 is 10.6 Å². The van der Waals surface area contributed by atoms with Crippen molar-refractivity contribution < 1.29 is 0 Å². The van der Waals surface area contributed by atoms with Gasteiger partial charge in [0.1, 0.15) is 4.99 Å². The van der Waals surface area contributed by atoms with E-state index in [1.54, 1.807) is 0 Å². The highest BCUT2D eigenvalue weighted by Crippen LogP contribution is 2.30. The summed E-state index contributed by atoms with van der Waals surface area (Å²) in [5, 5.41) is 8.71. The summed E-state index contributed by atoms with van der Waals surface area (Å²) >= 11 is 5.25. The third kappa shape index (κ3) is 2.92. The van der Waals surface area contributed by atoms with Crippen LogP contribution in [0.5, 0.6) is 0 Å². The van der Waals surface area contributed by atoms with Gasteiger partial charge < -0.3 is 10.6 Å². The van der Waals surface area contributed by atoms with Gasteiger partial charge in [0.15, 0.2) is 5.82 Å². The van der Waals surface area contributed by atoms with E-state index in [1.807, 2.05) is 13.8 Å². The molecule has 20 heavy (non-hydrogen) atoms. The van der Waals surface area contributed by atoms with Gasteiger partial charge in [-0.25, -0.2) is 0 Å². The minimum absolute atomic E-state index is 0.427. The average Bonchev–Trinajstić information content (AvgIpc) is 2.42. The molecule has 2 rings (SSSR count). The van der Waals surface area contributed by atoms with Gasteiger partial charge in [-0.15, -0.1) is 5.10 Å². The number of aryl methyl sites for hydroxylation is 1. The largest absolute Gasteiger partial charge is 0.389 e. The maximum Gasteiger partial charge on any atom is 0.162 e. The fourth-order valence-electron chi connectivity index (χ4n) is 3.00. The van der Waals surface area contributed by atoms with Crippen LogP contribution in [0.3, 0.4) is 0 Å². The van der Waals surface area contributed by atoms with E-state index in [2.05, 4.69) is 22.0 Å². The Balaban J connectivity index is 2.44. The van der Waals surface area contributed by atoms with E-state index < -0.39 is 0 Å². The first kappa shape index (κ1) is 15.2. The van der Waals surface area contributed by atoms with Crippen LogP contribution in [0, 0.1) is 13.8 Å². The van der Waals surface area contributed by atoms with Gasteiger partial charge >= 0.3 is 0 Å². The molecule has 0 aliphatic carbocycles. The summed E-state index contributed by atoms with van der Waals surface area (Å²) in [5.74, 6) is 0.888. The van der Waals surface area contributed by atoms with Crippen molar-refractivity contribution in [3.05, 3.63) is 16.8 Å². The lowest BCUT2D eigenvalue weighted by atomic mass is 9.97. The molecular weight excluding hydrogens is 268 g/mol. The first-order valence-corrected chi connectivity index (χ1v) is 7.87. The molecule has 1 saturated heterocycles. The summed E-state index contributed by atoms with van der Waals surface area (Å²) in [4.78, 5) is 2.80. The van der Waals surface area contributed by atoms with Crippen molar-refractivity contribution in [1.29, 1.82) is 0 Å². The summed E-state index contributed by atoms with van der Waals surface area (Å²) < 4.78 is 0. The Morgan fingerprint density at radius 2 is 2.10 bits per heavy atom. The summed E-state index contributed by atoms with van der Waals surface area (Å²) in [7, 11) is 0. The summed E-state index contributed by atoms with van der Waals surface area (Å²) in [5.41, 5.74) is 8.82. The van der Waals surface area contributed by atoms with E-state index in [0.29, 0.717) is 11.0 Å². The summed E-state index contributed by atoms with van der Waals surface area (Å²) in [6, 6.07) is 0.540. The zero-order chi connectivity index (χ0) is 14.7. The van der Waals surface area contributed by atoms with Gasteiger partial charge in [-0.05, 0) is 45.1 Å². The second kappa shape index (κ2) is 6.48. The Bertz CT molecular complexity index is 499. The van der Waals surface area contributed by atoms with Crippen LogP contribution in [0.15, 0.2) is 0 Å². The number of thiocarbonyl (C=S) groups is 1. The molecule has 110 valence electrons. The molecule has 1 aromatic rings. The van der Waals surface area contributed by atoms with Crippen LogP contribution in [0.2, 0.25) is 0 Å². The number of nitrogens with two attached hydrogens (primary N) is 1. The van der Waals surface area contributed by atoms with Crippen molar-refractivity contribution in [1.82, 2.24) is 10.2 Å². The molecule has 2 heterocycles. The highest BCUT2D eigenvalue weighted by Gasteiger charge is 2.27. The topological polar surface area (TPSA) is 55.0 Å². The van der Waals surface area contributed by atoms with Crippen LogP contribution in [-0.4, -0.2) is 27.8 Å². The highest BCUT2D eigenvalue weighted by molar-refractivity contribution is 7.80. The quantitative estimate of drug-likeness (QED) is 0.865. The Morgan fingerprint density at radius 1 is 1.35 bits per heavy atom. The Morgan fingerprint density at radius 3 is 2.75 bits per heavy atom. The SMILES string of the molecule is CCCC1CCCCN1c1nnc(C)c(C)c1C(N)=S. The molecule has 5 heteroatoms. The van der Waals surface area contributed by atoms with Gasteiger partial charge in [0.05, 0.1) is 11.3 Å². The molecular formula is C15H24N4S. The number of anilines is 1. The molecule has 1 aliphatic rings. The molecule has 0 aromatic carbocycles. The maximum atomic E-state index is 5.95. The third-order valence-corrected chi connectivity index (χ3v) is 4.41. The minimum atomic E-state index is 0.427. The molecule has 1 fully saturated rings. The molecule has 0 saturated carbocycles. The van der Waals surface area contributed by atoms with E-state index in [-0.39, 0.29) is 0 Å². The Kier molecular flexibility index (Phi) is 4.91. The van der Waals surface area contributed by atoms with Crippen molar-refractivity contribution in [2.24, 2.45) is 5.73 Å². The van der Waals surface area contributed by atoms with E-state index in [9.17, 15) is 0 Å².